The lowest BCUT2D eigenvalue weighted by molar-refractivity contribution is -0.119. The summed E-state index contributed by atoms with van der Waals surface area (Å²) in [6, 6.07) is 5.31. The SMILES string of the molecule is Cl.NCC(=O)NCCc1cc(Cl)cc(Cl)c1. The number of hydrogen-bond donors (Lipinski definition) is 2. The van der Waals surface area contributed by atoms with Gasteiger partial charge >= 0.3 is 0 Å². The van der Waals surface area contributed by atoms with Gasteiger partial charge in [0, 0.05) is 16.6 Å². The van der Waals surface area contributed by atoms with Gasteiger partial charge in [-0.25, -0.2) is 0 Å². The summed E-state index contributed by atoms with van der Waals surface area (Å²) in [5, 5.41) is 3.87. The molecule has 0 bridgehead atoms. The lowest BCUT2D eigenvalue weighted by atomic mass is 10.1. The van der Waals surface area contributed by atoms with Gasteiger partial charge in [-0.15, -0.1) is 12.4 Å². The molecule has 0 aliphatic carbocycles. The van der Waals surface area contributed by atoms with E-state index in [2.05, 4.69) is 5.32 Å². The second-order valence-corrected chi connectivity index (χ2v) is 3.95. The fraction of sp³-hybridized carbons (Fsp3) is 0.300. The number of benzene rings is 1. The molecule has 6 heteroatoms. The van der Waals surface area contributed by atoms with Gasteiger partial charge in [-0.05, 0) is 30.2 Å². The molecule has 16 heavy (non-hydrogen) atoms. The van der Waals surface area contributed by atoms with E-state index in [9.17, 15) is 4.79 Å². The average Bonchev–Trinajstić information content (AvgIpc) is 2.16. The Morgan fingerprint density at radius 3 is 2.31 bits per heavy atom. The molecule has 0 spiro atoms. The Balaban J connectivity index is 0.00000225. The highest BCUT2D eigenvalue weighted by Crippen LogP contribution is 2.19. The number of hydrogen-bond acceptors (Lipinski definition) is 2. The number of carbonyl (C=O) groups is 1. The first kappa shape index (κ1) is 15.5. The maximum absolute atomic E-state index is 10.8. The molecular weight excluding hydrogens is 270 g/mol. The Kier molecular flexibility index (Phi) is 7.51. The van der Waals surface area contributed by atoms with Crippen LogP contribution in [0.3, 0.4) is 0 Å². The van der Waals surface area contributed by atoms with Gasteiger partial charge in [0.1, 0.15) is 0 Å². The Bertz CT molecular complexity index is 338. The zero-order valence-electron chi connectivity index (χ0n) is 8.50. The third-order valence-corrected chi connectivity index (χ3v) is 2.28. The zero-order valence-corrected chi connectivity index (χ0v) is 10.8. The van der Waals surface area contributed by atoms with Crippen LogP contribution in [-0.2, 0) is 11.2 Å². The van der Waals surface area contributed by atoms with Crippen molar-refractivity contribution in [1.82, 2.24) is 5.32 Å². The van der Waals surface area contributed by atoms with E-state index in [0.29, 0.717) is 23.0 Å². The molecule has 1 amide bonds. The molecule has 0 unspecified atom stereocenters. The predicted molar refractivity (Wildman–Crippen MR) is 69.5 cm³/mol. The van der Waals surface area contributed by atoms with Gasteiger partial charge in [0.05, 0.1) is 6.54 Å². The lowest BCUT2D eigenvalue weighted by Crippen LogP contribution is -2.31. The molecule has 1 rings (SSSR count). The minimum absolute atomic E-state index is 0. The van der Waals surface area contributed by atoms with Gasteiger partial charge in [0.15, 0.2) is 0 Å². The third kappa shape index (κ3) is 5.56. The van der Waals surface area contributed by atoms with Gasteiger partial charge in [-0.3, -0.25) is 4.79 Å². The predicted octanol–water partition coefficient (Wildman–Crippen LogP) is 2.03. The van der Waals surface area contributed by atoms with E-state index < -0.39 is 0 Å². The van der Waals surface area contributed by atoms with Gasteiger partial charge in [0.25, 0.3) is 0 Å². The highest BCUT2D eigenvalue weighted by molar-refractivity contribution is 6.34. The van der Waals surface area contributed by atoms with E-state index in [4.69, 9.17) is 28.9 Å². The monoisotopic (exact) mass is 282 g/mol. The number of rotatable bonds is 4. The fourth-order valence-corrected chi connectivity index (χ4v) is 1.74. The first-order valence-electron chi connectivity index (χ1n) is 4.53. The van der Waals surface area contributed by atoms with Crippen molar-refractivity contribution in [1.29, 1.82) is 0 Å². The molecule has 1 aromatic carbocycles. The van der Waals surface area contributed by atoms with Crippen LogP contribution >= 0.6 is 35.6 Å². The van der Waals surface area contributed by atoms with Crippen LogP contribution < -0.4 is 11.1 Å². The van der Waals surface area contributed by atoms with E-state index in [1.54, 1.807) is 6.07 Å². The number of nitrogens with two attached hydrogens (primary N) is 1. The number of carbonyl (C=O) groups excluding carboxylic acids is 1. The van der Waals surface area contributed by atoms with E-state index in [1.807, 2.05) is 12.1 Å². The molecule has 0 aliphatic heterocycles. The molecule has 90 valence electrons. The Morgan fingerprint density at radius 2 is 1.81 bits per heavy atom. The topological polar surface area (TPSA) is 55.1 Å². The molecule has 0 saturated carbocycles. The maximum Gasteiger partial charge on any atom is 0.233 e. The molecule has 1 aromatic rings. The van der Waals surface area contributed by atoms with Crippen LogP contribution in [0.5, 0.6) is 0 Å². The van der Waals surface area contributed by atoms with Crippen LogP contribution in [0.25, 0.3) is 0 Å². The molecule has 0 radical (unpaired) electrons. The minimum atomic E-state index is -0.164. The summed E-state index contributed by atoms with van der Waals surface area (Å²) in [6.07, 6.45) is 0.687. The summed E-state index contributed by atoms with van der Waals surface area (Å²) in [6.45, 7) is 0.545. The number of nitrogens with one attached hydrogen (secondary N) is 1. The normalized spacial score (nSPS) is 9.44. The van der Waals surface area contributed by atoms with Crippen molar-refractivity contribution in [2.24, 2.45) is 5.73 Å². The summed E-state index contributed by atoms with van der Waals surface area (Å²) in [5.41, 5.74) is 6.14. The van der Waals surface area contributed by atoms with Crippen molar-refractivity contribution in [2.75, 3.05) is 13.1 Å². The minimum Gasteiger partial charge on any atom is -0.355 e. The molecular formula is C10H13Cl3N2O. The maximum atomic E-state index is 10.8. The van der Waals surface area contributed by atoms with Gasteiger partial charge < -0.3 is 11.1 Å². The smallest absolute Gasteiger partial charge is 0.233 e. The molecule has 0 fully saturated rings. The summed E-state index contributed by atoms with van der Waals surface area (Å²) >= 11 is 11.7. The van der Waals surface area contributed by atoms with Crippen molar-refractivity contribution >= 4 is 41.5 Å². The quantitative estimate of drug-likeness (QED) is 0.888. The van der Waals surface area contributed by atoms with Gasteiger partial charge in [-0.1, -0.05) is 23.2 Å². The van der Waals surface area contributed by atoms with Crippen molar-refractivity contribution in [3.8, 4) is 0 Å². The van der Waals surface area contributed by atoms with Crippen LogP contribution in [0.15, 0.2) is 18.2 Å². The molecule has 0 atom stereocenters. The first-order valence-corrected chi connectivity index (χ1v) is 5.29. The average molecular weight is 284 g/mol. The van der Waals surface area contributed by atoms with Gasteiger partial charge in [0.2, 0.25) is 5.91 Å². The number of halogens is 3. The Labute approximate surface area is 111 Å². The highest BCUT2D eigenvalue weighted by atomic mass is 35.5. The van der Waals surface area contributed by atoms with Crippen molar-refractivity contribution in [3.05, 3.63) is 33.8 Å². The molecule has 0 saturated heterocycles. The van der Waals surface area contributed by atoms with Crippen LogP contribution in [0.2, 0.25) is 10.0 Å². The second kappa shape index (κ2) is 7.74. The molecule has 0 aromatic heterocycles. The van der Waals surface area contributed by atoms with Gasteiger partial charge in [-0.2, -0.15) is 0 Å². The summed E-state index contributed by atoms with van der Waals surface area (Å²) in [7, 11) is 0. The van der Waals surface area contributed by atoms with Crippen LogP contribution in [0.1, 0.15) is 5.56 Å². The zero-order chi connectivity index (χ0) is 11.3. The van der Waals surface area contributed by atoms with Crippen molar-refractivity contribution in [3.63, 3.8) is 0 Å². The Hall–Kier alpha value is -0.480. The van der Waals surface area contributed by atoms with Crippen molar-refractivity contribution in [2.45, 2.75) is 6.42 Å². The standard InChI is InChI=1S/C10H12Cl2N2O.ClH/c11-8-3-7(4-9(12)5-8)1-2-14-10(15)6-13;/h3-5H,1-2,6,13H2,(H,14,15);1H. The highest BCUT2D eigenvalue weighted by Gasteiger charge is 2.00. The summed E-state index contributed by atoms with van der Waals surface area (Å²) < 4.78 is 0. The van der Waals surface area contributed by atoms with Crippen LogP contribution in [0, 0.1) is 0 Å². The lowest BCUT2D eigenvalue weighted by Gasteiger charge is -2.04. The number of amides is 1. The van der Waals surface area contributed by atoms with Crippen LogP contribution in [-0.4, -0.2) is 19.0 Å². The molecule has 3 N–H and O–H groups in total. The van der Waals surface area contributed by atoms with Crippen LogP contribution in [0.4, 0.5) is 0 Å². The second-order valence-electron chi connectivity index (χ2n) is 3.08. The molecule has 0 aliphatic rings. The third-order valence-electron chi connectivity index (χ3n) is 1.84. The van der Waals surface area contributed by atoms with E-state index in [0.717, 1.165) is 5.56 Å². The fourth-order valence-electron chi connectivity index (χ4n) is 1.17. The summed E-state index contributed by atoms with van der Waals surface area (Å²) in [4.78, 5) is 10.8. The van der Waals surface area contributed by atoms with Crippen molar-refractivity contribution < 1.29 is 4.79 Å². The van der Waals surface area contributed by atoms with E-state index in [-0.39, 0.29) is 24.9 Å². The Morgan fingerprint density at radius 1 is 1.25 bits per heavy atom. The summed E-state index contributed by atoms with van der Waals surface area (Å²) in [5.74, 6) is -0.164. The van der Waals surface area contributed by atoms with E-state index >= 15 is 0 Å². The first-order chi connectivity index (χ1) is 7.11. The largest absolute Gasteiger partial charge is 0.355 e. The molecule has 0 heterocycles. The molecule has 3 nitrogen and oxygen atoms in total. The van der Waals surface area contributed by atoms with E-state index in [1.165, 1.54) is 0 Å².